The van der Waals surface area contributed by atoms with Gasteiger partial charge < -0.3 is 5.11 Å². The largest absolute Gasteiger partial charge is 0.390 e. The van der Waals surface area contributed by atoms with Gasteiger partial charge in [-0.2, -0.15) is 0 Å². The average molecular weight is 155 g/mol. The van der Waals surface area contributed by atoms with E-state index in [9.17, 15) is 5.11 Å². The van der Waals surface area contributed by atoms with Gasteiger partial charge in [-0.25, -0.2) is 0 Å². The lowest BCUT2D eigenvalue weighted by atomic mass is 9.82. The van der Waals surface area contributed by atoms with Crippen molar-refractivity contribution in [2.24, 2.45) is 5.11 Å². The molecule has 2 atom stereocenters. The van der Waals surface area contributed by atoms with Gasteiger partial charge in [0.2, 0.25) is 0 Å². The standard InChI is InChI=1S/C7H13N3O/c1-7(11)5-3-2-4-6(7)9-10-8/h6,11H,2-5H2,1H3/t6-,7+/m0/s1. The van der Waals surface area contributed by atoms with Crippen LogP contribution in [0.1, 0.15) is 32.6 Å². The number of aliphatic hydroxyl groups is 1. The average Bonchev–Trinajstić information content (AvgIpc) is 1.94. The second-order valence-corrected chi connectivity index (χ2v) is 3.32. The summed E-state index contributed by atoms with van der Waals surface area (Å²) >= 11 is 0. The van der Waals surface area contributed by atoms with Crippen LogP contribution in [0.2, 0.25) is 0 Å². The van der Waals surface area contributed by atoms with Gasteiger partial charge in [0.25, 0.3) is 0 Å². The number of nitrogens with zero attached hydrogens (tertiary/aromatic N) is 3. The lowest BCUT2D eigenvalue weighted by Crippen LogP contribution is -2.40. The molecule has 11 heavy (non-hydrogen) atoms. The third-order valence-electron chi connectivity index (χ3n) is 2.32. The second-order valence-electron chi connectivity index (χ2n) is 3.32. The molecule has 0 aliphatic heterocycles. The Bertz CT molecular complexity index is 184. The van der Waals surface area contributed by atoms with Gasteiger partial charge in [0.1, 0.15) is 0 Å². The Labute approximate surface area is 65.9 Å². The molecule has 0 aromatic rings. The highest BCUT2D eigenvalue weighted by Crippen LogP contribution is 2.30. The van der Waals surface area contributed by atoms with Crippen molar-refractivity contribution in [3.05, 3.63) is 10.4 Å². The summed E-state index contributed by atoms with van der Waals surface area (Å²) in [4.78, 5) is 2.72. The van der Waals surface area contributed by atoms with Crippen LogP contribution in [0, 0.1) is 0 Å². The molecule has 0 unspecified atom stereocenters. The SMILES string of the molecule is C[C@@]1(O)CCCC[C@@H]1N=[N+]=[N-]. The molecule has 1 aliphatic rings. The number of azide groups is 1. The first kappa shape index (κ1) is 8.37. The summed E-state index contributed by atoms with van der Waals surface area (Å²) < 4.78 is 0. The Balaban J connectivity index is 2.66. The lowest BCUT2D eigenvalue weighted by Gasteiger charge is -2.33. The summed E-state index contributed by atoms with van der Waals surface area (Å²) in [6, 6.07) is -0.221. The highest BCUT2D eigenvalue weighted by atomic mass is 16.3. The van der Waals surface area contributed by atoms with Crippen LogP contribution in [0.3, 0.4) is 0 Å². The maximum atomic E-state index is 9.70. The molecule has 0 heterocycles. The van der Waals surface area contributed by atoms with E-state index in [1.807, 2.05) is 0 Å². The third kappa shape index (κ3) is 1.85. The van der Waals surface area contributed by atoms with Crippen molar-refractivity contribution in [2.75, 3.05) is 0 Å². The summed E-state index contributed by atoms with van der Waals surface area (Å²) in [7, 11) is 0. The molecule has 0 aromatic heterocycles. The van der Waals surface area contributed by atoms with Crippen LogP contribution in [0.5, 0.6) is 0 Å². The van der Waals surface area contributed by atoms with Crippen molar-refractivity contribution in [2.45, 2.75) is 44.2 Å². The molecule has 0 amide bonds. The molecule has 0 saturated heterocycles. The molecule has 4 nitrogen and oxygen atoms in total. The molecule has 0 radical (unpaired) electrons. The summed E-state index contributed by atoms with van der Waals surface area (Å²) in [5.41, 5.74) is 7.42. The molecule has 0 bridgehead atoms. The monoisotopic (exact) mass is 155 g/mol. The van der Waals surface area contributed by atoms with Gasteiger partial charge in [0.05, 0.1) is 11.6 Å². The van der Waals surface area contributed by atoms with Gasteiger partial charge in [-0.1, -0.05) is 18.0 Å². The van der Waals surface area contributed by atoms with Crippen LogP contribution in [0.4, 0.5) is 0 Å². The Hall–Kier alpha value is -0.730. The van der Waals surface area contributed by atoms with Crippen molar-refractivity contribution in [3.8, 4) is 0 Å². The van der Waals surface area contributed by atoms with Crippen LogP contribution in [0.25, 0.3) is 10.4 Å². The van der Waals surface area contributed by atoms with E-state index in [-0.39, 0.29) is 6.04 Å². The number of hydrogen-bond acceptors (Lipinski definition) is 2. The normalized spacial score (nSPS) is 37.8. The molecule has 1 fully saturated rings. The van der Waals surface area contributed by atoms with E-state index in [0.717, 1.165) is 25.7 Å². The van der Waals surface area contributed by atoms with Crippen molar-refractivity contribution in [1.82, 2.24) is 0 Å². The summed E-state index contributed by atoms with van der Waals surface area (Å²) in [6.45, 7) is 1.74. The van der Waals surface area contributed by atoms with E-state index in [4.69, 9.17) is 5.53 Å². The fraction of sp³-hybridized carbons (Fsp3) is 1.00. The molecule has 1 N–H and O–H groups in total. The van der Waals surface area contributed by atoms with Gasteiger partial charge in [-0.3, -0.25) is 0 Å². The Morgan fingerprint density at radius 3 is 2.91 bits per heavy atom. The molecule has 4 heteroatoms. The predicted octanol–water partition coefficient (Wildman–Crippen LogP) is 1.99. The summed E-state index contributed by atoms with van der Waals surface area (Å²) in [6.07, 6.45) is 3.65. The molecule has 62 valence electrons. The molecule has 1 aliphatic carbocycles. The zero-order valence-electron chi connectivity index (χ0n) is 6.69. The first-order valence-electron chi connectivity index (χ1n) is 3.93. The van der Waals surface area contributed by atoms with Crippen LogP contribution in [-0.2, 0) is 0 Å². The summed E-state index contributed by atoms with van der Waals surface area (Å²) in [5.74, 6) is 0. The molecule has 1 rings (SSSR count). The van der Waals surface area contributed by atoms with Gasteiger partial charge in [-0.15, -0.1) is 0 Å². The maximum Gasteiger partial charge on any atom is 0.0704 e. The topological polar surface area (TPSA) is 69.0 Å². The van der Waals surface area contributed by atoms with Gasteiger partial charge >= 0.3 is 0 Å². The van der Waals surface area contributed by atoms with Crippen molar-refractivity contribution in [1.29, 1.82) is 0 Å². The first-order chi connectivity index (χ1) is 5.17. The zero-order valence-corrected chi connectivity index (χ0v) is 6.69. The predicted molar refractivity (Wildman–Crippen MR) is 42.0 cm³/mol. The zero-order chi connectivity index (χ0) is 8.32. The molecular formula is C7H13N3O. The smallest absolute Gasteiger partial charge is 0.0704 e. The van der Waals surface area contributed by atoms with Crippen LogP contribution < -0.4 is 0 Å². The Morgan fingerprint density at radius 2 is 2.36 bits per heavy atom. The molecule has 0 spiro atoms. The van der Waals surface area contributed by atoms with Gasteiger partial charge in [-0.05, 0) is 25.3 Å². The lowest BCUT2D eigenvalue weighted by molar-refractivity contribution is 0.00380. The molecule has 0 aromatic carbocycles. The number of rotatable bonds is 1. The van der Waals surface area contributed by atoms with Gasteiger partial charge in [0.15, 0.2) is 0 Å². The second kappa shape index (κ2) is 3.11. The molecule has 1 saturated carbocycles. The Kier molecular flexibility index (Phi) is 2.37. The van der Waals surface area contributed by atoms with Crippen LogP contribution in [-0.4, -0.2) is 16.7 Å². The highest BCUT2D eigenvalue weighted by molar-refractivity contribution is 4.91. The fourth-order valence-electron chi connectivity index (χ4n) is 1.54. The van der Waals surface area contributed by atoms with E-state index in [0.29, 0.717) is 0 Å². The number of hydrogen-bond donors (Lipinski definition) is 1. The minimum absolute atomic E-state index is 0.221. The Morgan fingerprint density at radius 1 is 1.64 bits per heavy atom. The van der Waals surface area contributed by atoms with E-state index in [1.165, 1.54) is 0 Å². The highest BCUT2D eigenvalue weighted by Gasteiger charge is 2.33. The molecular weight excluding hydrogens is 142 g/mol. The van der Waals surface area contributed by atoms with Crippen molar-refractivity contribution >= 4 is 0 Å². The van der Waals surface area contributed by atoms with E-state index in [1.54, 1.807) is 6.92 Å². The van der Waals surface area contributed by atoms with E-state index >= 15 is 0 Å². The third-order valence-corrected chi connectivity index (χ3v) is 2.32. The van der Waals surface area contributed by atoms with Crippen molar-refractivity contribution < 1.29 is 5.11 Å². The minimum atomic E-state index is -0.773. The maximum absolute atomic E-state index is 9.70. The van der Waals surface area contributed by atoms with Crippen LogP contribution in [0.15, 0.2) is 5.11 Å². The van der Waals surface area contributed by atoms with E-state index in [2.05, 4.69) is 10.0 Å². The van der Waals surface area contributed by atoms with Crippen LogP contribution >= 0.6 is 0 Å². The fourth-order valence-corrected chi connectivity index (χ4v) is 1.54. The quantitative estimate of drug-likeness (QED) is 0.351. The van der Waals surface area contributed by atoms with E-state index < -0.39 is 5.60 Å². The first-order valence-corrected chi connectivity index (χ1v) is 3.93. The van der Waals surface area contributed by atoms with Gasteiger partial charge in [0, 0.05) is 4.91 Å². The summed E-state index contributed by atoms with van der Waals surface area (Å²) in [5, 5.41) is 13.3. The van der Waals surface area contributed by atoms with Crippen molar-refractivity contribution in [3.63, 3.8) is 0 Å². The minimum Gasteiger partial charge on any atom is -0.390 e.